The van der Waals surface area contributed by atoms with Gasteiger partial charge in [0.1, 0.15) is 5.69 Å². The predicted molar refractivity (Wildman–Crippen MR) is 67.9 cm³/mol. The van der Waals surface area contributed by atoms with E-state index in [1.165, 1.54) is 4.90 Å². The normalized spacial score (nSPS) is 10.5. The lowest BCUT2D eigenvalue weighted by atomic mass is 10.2. The lowest BCUT2D eigenvalue weighted by Gasteiger charge is -2.17. The summed E-state index contributed by atoms with van der Waals surface area (Å²) in [5, 5.41) is 26.3. The monoisotopic (exact) mass is 270 g/mol. The molecular weight excluding hydrogens is 252 g/mol. The minimum absolute atomic E-state index is 0.127. The van der Waals surface area contributed by atoms with Crippen LogP contribution in [-0.2, 0) is 6.42 Å². The fourth-order valence-electron chi connectivity index (χ4n) is 1.82. The molecule has 1 heterocycles. The van der Waals surface area contributed by atoms with Crippen LogP contribution < -0.4 is 0 Å². The number of nitrogens with one attached hydrogen (secondary N) is 1. The second-order valence-electron chi connectivity index (χ2n) is 4.01. The van der Waals surface area contributed by atoms with Crippen molar-refractivity contribution >= 4 is 11.6 Å². The van der Waals surface area contributed by atoms with Gasteiger partial charge in [0.05, 0.1) is 11.5 Å². The zero-order chi connectivity index (χ0) is 14.4. The fraction of sp³-hybridized carbons (Fsp3) is 0.636. The van der Waals surface area contributed by atoms with Crippen LogP contribution in [-0.4, -0.2) is 50.7 Å². The molecule has 1 aromatic rings. The van der Waals surface area contributed by atoms with Gasteiger partial charge in [-0.05, 0) is 13.3 Å². The number of hydrogen-bond acceptors (Lipinski definition) is 5. The molecule has 106 valence electrons. The van der Waals surface area contributed by atoms with Crippen LogP contribution in [0.4, 0.5) is 5.69 Å². The Hall–Kier alpha value is -1.96. The van der Waals surface area contributed by atoms with E-state index in [-0.39, 0.29) is 24.5 Å². The molecule has 0 saturated heterocycles. The Balaban J connectivity index is 3.12. The maximum atomic E-state index is 12.1. The number of aromatic nitrogens is 2. The highest BCUT2D eigenvalue weighted by Gasteiger charge is 2.30. The molecular formula is C11H18N4O4. The molecule has 0 fully saturated rings. The molecule has 0 aliphatic heterocycles. The van der Waals surface area contributed by atoms with Crippen molar-refractivity contribution < 1.29 is 14.8 Å². The number of H-pyrrole nitrogens is 1. The zero-order valence-electron chi connectivity index (χ0n) is 11.0. The maximum absolute atomic E-state index is 12.1. The fourth-order valence-corrected chi connectivity index (χ4v) is 1.82. The Morgan fingerprint density at radius 3 is 2.68 bits per heavy atom. The molecule has 0 bridgehead atoms. The van der Waals surface area contributed by atoms with Gasteiger partial charge in [0.15, 0.2) is 0 Å². The molecule has 1 aromatic heterocycles. The molecule has 0 spiro atoms. The minimum Gasteiger partial charge on any atom is -0.395 e. The van der Waals surface area contributed by atoms with Crippen LogP contribution in [0.2, 0.25) is 0 Å². The largest absolute Gasteiger partial charge is 0.395 e. The summed E-state index contributed by atoms with van der Waals surface area (Å²) in [7, 11) is 0. The van der Waals surface area contributed by atoms with Gasteiger partial charge < -0.3 is 10.0 Å². The summed E-state index contributed by atoms with van der Waals surface area (Å²) >= 11 is 0. The third-order valence-electron chi connectivity index (χ3n) is 2.74. The molecule has 0 saturated carbocycles. The van der Waals surface area contributed by atoms with Crippen LogP contribution in [0.3, 0.4) is 0 Å². The number of carbonyl (C=O) groups excluding carboxylic acids is 1. The van der Waals surface area contributed by atoms with Gasteiger partial charge in [-0.15, -0.1) is 0 Å². The van der Waals surface area contributed by atoms with Crippen molar-refractivity contribution in [3.8, 4) is 0 Å². The molecule has 0 aliphatic rings. The number of aryl methyl sites for hydroxylation is 1. The summed E-state index contributed by atoms with van der Waals surface area (Å²) in [6.45, 7) is 3.91. The van der Waals surface area contributed by atoms with E-state index in [1.807, 2.05) is 6.92 Å². The van der Waals surface area contributed by atoms with Gasteiger partial charge in [-0.3, -0.25) is 20.0 Å². The van der Waals surface area contributed by atoms with Gasteiger partial charge in [0.25, 0.3) is 5.91 Å². The smallest absolute Gasteiger partial charge is 0.322 e. The molecule has 0 radical (unpaired) electrons. The maximum Gasteiger partial charge on any atom is 0.322 e. The second kappa shape index (κ2) is 6.83. The number of likely N-dealkylation sites (N-methyl/N-ethyl adjacent to an activating group) is 1. The number of hydrogen-bond donors (Lipinski definition) is 2. The van der Waals surface area contributed by atoms with Gasteiger partial charge in [0.2, 0.25) is 5.69 Å². The zero-order valence-corrected chi connectivity index (χ0v) is 11.0. The van der Waals surface area contributed by atoms with Crippen molar-refractivity contribution in [1.29, 1.82) is 0 Å². The molecule has 0 aromatic carbocycles. The van der Waals surface area contributed by atoms with Gasteiger partial charge in [-0.1, -0.05) is 13.3 Å². The molecule has 1 amide bonds. The number of aliphatic hydroxyl groups is 1. The average molecular weight is 270 g/mol. The van der Waals surface area contributed by atoms with Crippen LogP contribution in [0.1, 0.15) is 36.5 Å². The highest BCUT2D eigenvalue weighted by molar-refractivity contribution is 5.96. The topological polar surface area (TPSA) is 112 Å². The van der Waals surface area contributed by atoms with Crippen molar-refractivity contribution in [3.63, 3.8) is 0 Å². The molecule has 2 N–H and O–H groups in total. The summed E-state index contributed by atoms with van der Waals surface area (Å²) in [6, 6.07) is 0. The Kier molecular flexibility index (Phi) is 5.43. The van der Waals surface area contributed by atoms with E-state index < -0.39 is 10.8 Å². The van der Waals surface area contributed by atoms with Crippen LogP contribution in [0.5, 0.6) is 0 Å². The Bertz CT molecular complexity index is 458. The standard InChI is InChI=1S/C11H18N4O4/c1-3-5-8-10(15(18)19)9(13-12-8)11(17)14(4-2)6-7-16/h16H,3-7H2,1-2H3,(H,12,13). The van der Waals surface area contributed by atoms with E-state index in [4.69, 9.17) is 5.11 Å². The molecule has 19 heavy (non-hydrogen) atoms. The Morgan fingerprint density at radius 2 is 2.21 bits per heavy atom. The first-order valence-corrected chi connectivity index (χ1v) is 6.18. The molecule has 1 rings (SSSR count). The number of nitro groups is 1. The lowest BCUT2D eigenvalue weighted by molar-refractivity contribution is -0.385. The van der Waals surface area contributed by atoms with Gasteiger partial charge >= 0.3 is 5.69 Å². The number of amides is 1. The second-order valence-corrected chi connectivity index (χ2v) is 4.01. The first kappa shape index (κ1) is 15.1. The van der Waals surface area contributed by atoms with Crippen molar-refractivity contribution in [2.75, 3.05) is 19.7 Å². The minimum atomic E-state index is -0.589. The van der Waals surface area contributed by atoms with Crippen LogP contribution in [0, 0.1) is 10.1 Å². The van der Waals surface area contributed by atoms with Crippen molar-refractivity contribution in [2.24, 2.45) is 0 Å². The first-order valence-electron chi connectivity index (χ1n) is 6.18. The summed E-state index contributed by atoms with van der Waals surface area (Å²) in [6.07, 6.45) is 1.17. The third-order valence-corrected chi connectivity index (χ3v) is 2.74. The van der Waals surface area contributed by atoms with E-state index in [0.717, 1.165) is 0 Å². The molecule has 0 unspecified atom stereocenters. The SMILES string of the molecule is CCCc1[nH]nc(C(=O)N(CC)CCO)c1[N+](=O)[O-]. The highest BCUT2D eigenvalue weighted by Crippen LogP contribution is 2.23. The van der Waals surface area contributed by atoms with E-state index in [2.05, 4.69) is 10.2 Å². The summed E-state index contributed by atoms with van der Waals surface area (Å²) in [5.41, 5.74) is -0.0945. The molecule has 0 atom stereocenters. The quantitative estimate of drug-likeness (QED) is 0.560. The molecule has 8 nitrogen and oxygen atoms in total. The van der Waals surface area contributed by atoms with Crippen LogP contribution >= 0.6 is 0 Å². The van der Waals surface area contributed by atoms with Gasteiger partial charge in [-0.2, -0.15) is 5.10 Å². The third kappa shape index (κ3) is 3.28. The number of aliphatic hydroxyl groups excluding tert-OH is 1. The summed E-state index contributed by atoms with van der Waals surface area (Å²) < 4.78 is 0. The van der Waals surface area contributed by atoms with Crippen LogP contribution in [0.15, 0.2) is 0 Å². The van der Waals surface area contributed by atoms with Crippen LogP contribution in [0.25, 0.3) is 0 Å². The van der Waals surface area contributed by atoms with Gasteiger partial charge in [0, 0.05) is 13.1 Å². The summed E-state index contributed by atoms with van der Waals surface area (Å²) in [4.78, 5) is 23.9. The van der Waals surface area contributed by atoms with E-state index in [0.29, 0.717) is 25.1 Å². The van der Waals surface area contributed by atoms with E-state index >= 15 is 0 Å². The van der Waals surface area contributed by atoms with E-state index in [1.54, 1.807) is 6.92 Å². The van der Waals surface area contributed by atoms with Crippen molar-refractivity contribution in [1.82, 2.24) is 15.1 Å². The number of carbonyl (C=O) groups is 1. The first-order chi connectivity index (χ1) is 9.06. The van der Waals surface area contributed by atoms with Crippen molar-refractivity contribution in [3.05, 3.63) is 21.5 Å². The molecule has 8 heteroatoms. The van der Waals surface area contributed by atoms with Gasteiger partial charge in [-0.25, -0.2) is 0 Å². The predicted octanol–water partition coefficient (Wildman–Crippen LogP) is 0.725. The van der Waals surface area contributed by atoms with Crippen molar-refractivity contribution in [2.45, 2.75) is 26.7 Å². The number of nitrogens with zero attached hydrogens (tertiary/aromatic N) is 3. The lowest BCUT2D eigenvalue weighted by Crippen LogP contribution is -2.34. The Morgan fingerprint density at radius 1 is 1.53 bits per heavy atom. The Labute approximate surface area is 110 Å². The highest BCUT2D eigenvalue weighted by atomic mass is 16.6. The van der Waals surface area contributed by atoms with E-state index in [9.17, 15) is 14.9 Å². The number of aromatic amines is 1. The average Bonchev–Trinajstić information content (AvgIpc) is 2.79. The molecule has 0 aliphatic carbocycles. The summed E-state index contributed by atoms with van der Waals surface area (Å²) in [5.74, 6) is -0.540. The number of rotatable bonds is 7.